The number of carboxylic acids is 1. The third-order valence-corrected chi connectivity index (χ3v) is 3.22. The predicted molar refractivity (Wildman–Crippen MR) is 65.6 cm³/mol. The van der Waals surface area contributed by atoms with Crippen LogP contribution in [-0.4, -0.2) is 27.4 Å². The molecule has 5 heteroatoms. The predicted octanol–water partition coefficient (Wildman–Crippen LogP) is 1.18. The summed E-state index contributed by atoms with van der Waals surface area (Å²) >= 11 is 0. The standard InChI is InChI=1S/C12H21N3O2/c1-3-5-12(9-13,11(16)17)6-4-10-7-14-15(2)8-10/h7-8H,3-6,9,13H2,1-2H3,(H,16,17). The second-order valence-electron chi connectivity index (χ2n) is 4.56. The molecule has 0 bridgehead atoms. The molecule has 1 aromatic heterocycles. The first-order valence-corrected chi connectivity index (χ1v) is 5.95. The van der Waals surface area contributed by atoms with Crippen LogP contribution >= 0.6 is 0 Å². The van der Waals surface area contributed by atoms with Gasteiger partial charge in [-0.05, 0) is 24.8 Å². The number of aliphatic carboxylic acids is 1. The normalized spacial score (nSPS) is 14.5. The van der Waals surface area contributed by atoms with Crippen LogP contribution in [0.2, 0.25) is 0 Å². The van der Waals surface area contributed by atoms with E-state index < -0.39 is 11.4 Å². The van der Waals surface area contributed by atoms with Gasteiger partial charge in [0.05, 0.1) is 11.6 Å². The van der Waals surface area contributed by atoms with Crippen molar-refractivity contribution in [3.8, 4) is 0 Å². The lowest BCUT2D eigenvalue weighted by Crippen LogP contribution is -2.39. The molecule has 96 valence electrons. The van der Waals surface area contributed by atoms with Crippen LogP contribution in [0, 0.1) is 5.41 Å². The van der Waals surface area contributed by atoms with E-state index in [1.54, 1.807) is 10.9 Å². The number of nitrogens with two attached hydrogens (primary N) is 1. The first kappa shape index (κ1) is 13.7. The second-order valence-corrected chi connectivity index (χ2v) is 4.56. The van der Waals surface area contributed by atoms with Crippen molar-refractivity contribution in [1.29, 1.82) is 0 Å². The summed E-state index contributed by atoms with van der Waals surface area (Å²) in [5, 5.41) is 13.4. The average molecular weight is 239 g/mol. The van der Waals surface area contributed by atoms with E-state index in [-0.39, 0.29) is 6.54 Å². The van der Waals surface area contributed by atoms with E-state index in [0.29, 0.717) is 19.3 Å². The van der Waals surface area contributed by atoms with E-state index in [1.807, 2.05) is 20.2 Å². The zero-order valence-corrected chi connectivity index (χ0v) is 10.5. The quantitative estimate of drug-likeness (QED) is 0.748. The summed E-state index contributed by atoms with van der Waals surface area (Å²) in [5.74, 6) is -0.786. The molecule has 1 unspecified atom stereocenters. The third kappa shape index (κ3) is 3.30. The van der Waals surface area contributed by atoms with Crippen molar-refractivity contribution in [2.45, 2.75) is 32.6 Å². The summed E-state index contributed by atoms with van der Waals surface area (Å²) < 4.78 is 1.72. The maximum absolute atomic E-state index is 11.4. The Morgan fingerprint density at radius 1 is 1.59 bits per heavy atom. The van der Waals surface area contributed by atoms with Gasteiger partial charge in [0.15, 0.2) is 0 Å². The number of hydrogen-bond acceptors (Lipinski definition) is 3. The highest BCUT2D eigenvalue weighted by atomic mass is 16.4. The minimum atomic E-state index is -0.787. The van der Waals surface area contributed by atoms with Crippen LogP contribution in [0.25, 0.3) is 0 Å². The van der Waals surface area contributed by atoms with Gasteiger partial charge in [0, 0.05) is 19.8 Å². The molecule has 0 saturated carbocycles. The number of aromatic nitrogens is 2. The zero-order valence-electron chi connectivity index (χ0n) is 10.5. The van der Waals surface area contributed by atoms with E-state index in [9.17, 15) is 9.90 Å². The molecule has 0 aliphatic rings. The largest absolute Gasteiger partial charge is 0.481 e. The Balaban J connectivity index is 2.69. The van der Waals surface area contributed by atoms with Crippen molar-refractivity contribution in [3.63, 3.8) is 0 Å². The number of carboxylic acid groups (broad SMARTS) is 1. The lowest BCUT2D eigenvalue weighted by Gasteiger charge is -2.27. The second kappa shape index (κ2) is 5.82. The fourth-order valence-electron chi connectivity index (χ4n) is 2.09. The van der Waals surface area contributed by atoms with E-state index >= 15 is 0 Å². The highest BCUT2D eigenvalue weighted by molar-refractivity contribution is 5.74. The Bertz CT molecular complexity index is 376. The van der Waals surface area contributed by atoms with E-state index in [1.165, 1.54) is 0 Å². The van der Waals surface area contributed by atoms with Crippen LogP contribution in [0.5, 0.6) is 0 Å². The van der Waals surface area contributed by atoms with Crippen molar-refractivity contribution in [3.05, 3.63) is 18.0 Å². The fraction of sp³-hybridized carbons (Fsp3) is 0.667. The van der Waals surface area contributed by atoms with E-state index in [4.69, 9.17) is 5.73 Å². The van der Waals surface area contributed by atoms with Gasteiger partial charge in [0.2, 0.25) is 0 Å². The summed E-state index contributed by atoms with van der Waals surface area (Å²) in [6.07, 6.45) is 6.41. The fourth-order valence-corrected chi connectivity index (χ4v) is 2.09. The van der Waals surface area contributed by atoms with Crippen molar-refractivity contribution >= 4 is 5.97 Å². The van der Waals surface area contributed by atoms with Gasteiger partial charge in [-0.3, -0.25) is 9.48 Å². The molecule has 0 spiro atoms. The van der Waals surface area contributed by atoms with Crippen LogP contribution < -0.4 is 5.73 Å². The van der Waals surface area contributed by atoms with Crippen molar-refractivity contribution in [2.75, 3.05) is 6.54 Å². The minimum Gasteiger partial charge on any atom is -0.481 e. The maximum Gasteiger partial charge on any atom is 0.310 e. The van der Waals surface area contributed by atoms with Crippen LogP contribution in [0.3, 0.4) is 0 Å². The van der Waals surface area contributed by atoms with E-state index in [2.05, 4.69) is 5.10 Å². The van der Waals surface area contributed by atoms with Crippen LogP contribution in [-0.2, 0) is 18.3 Å². The van der Waals surface area contributed by atoms with Gasteiger partial charge in [0.1, 0.15) is 0 Å². The molecule has 0 aliphatic heterocycles. The molecular formula is C12H21N3O2. The number of carbonyl (C=O) groups is 1. The van der Waals surface area contributed by atoms with E-state index in [0.717, 1.165) is 12.0 Å². The van der Waals surface area contributed by atoms with Gasteiger partial charge in [-0.25, -0.2) is 0 Å². The molecule has 1 aromatic rings. The Kier molecular flexibility index (Phi) is 4.69. The number of aryl methyl sites for hydroxylation is 2. The molecule has 1 atom stereocenters. The maximum atomic E-state index is 11.4. The first-order valence-electron chi connectivity index (χ1n) is 5.95. The van der Waals surface area contributed by atoms with Crippen molar-refractivity contribution < 1.29 is 9.90 Å². The van der Waals surface area contributed by atoms with Gasteiger partial charge in [0.25, 0.3) is 0 Å². The summed E-state index contributed by atoms with van der Waals surface area (Å²) in [4.78, 5) is 11.4. The number of hydrogen-bond donors (Lipinski definition) is 2. The Labute approximate surface area is 102 Å². The molecule has 0 aromatic carbocycles. The van der Waals surface area contributed by atoms with Gasteiger partial charge in [-0.2, -0.15) is 5.10 Å². The van der Waals surface area contributed by atoms with Gasteiger partial charge >= 0.3 is 5.97 Å². The molecule has 0 amide bonds. The van der Waals surface area contributed by atoms with Gasteiger partial charge < -0.3 is 10.8 Å². The molecule has 0 radical (unpaired) electrons. The lowest BCUT2D eigenvalue weighted by atomic mass is 9.78. The Hall–Kier alpha value is -1.36. The summed E-state index contributed by atoms with van der Waals surface area (Å²) in [6, 6.07) is 0. The number of nitrogens with zero attached hydrogens (tertiary/aromatic N) is 2. The van der Waals surface area contributed by atoms with Crippen LogP contribution in [0.1, 0.15) is 31.7 Å². The smallest absolute Gasteiger partial charge is 0.310 e. The van der Waals surface area contributed by atoms with Crippen molar-refractivity contribution in [2.24, 2.45) is 18.2 Å². The summed E-state index contributed by atoms with van der Waals surface area (Å²) in [5.41, 5.74) is 5.93. The lowest BCUT2D eigenvalue weighted by molar-refractivity contribution is -0.149. The molecule has 0 aliphatic carbocycles. The molecule has 0 fully saturated rings. The molecule has 3 N–H and O–H groups in total. The first-order chi connectivity index (χ1) is 8.04. The third-order valence-electron chi connectivity index (χ3n) is 3.22. The average Bonchev–Trinajstić information content (AvgIpc) is 2.70. The molecular weight excluding hydrogens is 218 g/mol. The topological polar surface area (TPSA) is 81.1 Å². The monoisotopic (exact) mass is 239 g/mol. The Morgan fingerprint density at radius 3 is 2.71 bits per heavy atom. The molecule has 5 nitrogen and oxygen atoms in total. The SMILES string of the molecule is CCCC(CN)(CCc1cnn(C)c1)C(=O)O. The summed E-state index contributed by atoms with van der Waals surface area (Å²) in [6.45, 7) is 2.17. The van der Waals surface area contributed by atoms with Gasteiger partial charge in [-0.1, -0.05) is 13.3 Å². The Morgan fingerprint density at radius 2 is 2.29 bits per heavy atom. The minimum absolute atomic E-state index is 0.191. The van der Waals surface area contributed by atoms with Crippen LogP contribution in [0.4, 0.5) is 0 Å². The highest BCUT2D eigenvalue weighted by Crippen LogP contribution is 2.29. The number of rotatable bonds is 7. The zero-order chi connectivity index (χ0) is 12.9. The molecule has 0 saturated heterocycles. The molecule has 1 heterocycles. The van der Waals surface area contributed by atoms with Crippen molar-refractivity contribution in [1.82, 2.24) is 9.78 Å². The van der Waals surface area contributed by atoms with Gasteiger partial charge in [-0.15, -0.1) is 0 Å². The van der Waals surface area contributed by atoms with Crippen LogP contribution in [0.15, 0.2) is 12.4 Å². The highest BCUT2D eigenvalue weighted by Gasteiger charge is 2.35. The summed E-state index contributed by atoms with van der Waals surface area (Å²) in [7, 11) is 1.85. The molecule has 17 heavy (non-hydrogen) atoms. The molecule has 1 rings (SSSR count).